The SMILES string of the molecule is C[C@@H]1C[C@H]1Nc1ncccc1Cl. The van der Waals surface area contributed by atoms with Crippen LogP contribution in [-0.2, 0) is 0 Å². The Labute approximate surface area is 77.0 Å². The molecular formula is C9H11ClN2. The second kappa shape index (κ2) is 2.94. The molecule has 1 fully saturated rings. The molecule has 0 saturated heterocycles. The third-order valence-corrected chi connectivity index (χ3v) is 2.50. The average molecular weight is 183 g/mol. The summed E-state index contributed by atoms with van der Waals surface area (Å²) in [6, 6.07) is 4.27. The Morgan fingerprint density at radius 3 is 3.00 bits per heavy atom. The van der Waals surface area contributed by atoms with Crippen molar-refractivity contribution in [3.63, 3.8) is 0 Å². The molecule has 1 saturated carbocycles. The first-order valence-electron chi connectivity index (χ1n) is 4.14. The average Bonchev–Trinajstić information content (AvgIpc) is 2.72. The van der Waals surface area contributed by atoms with Crippen LogP contribution >= 0.6 is 11.6 Å². The van der Waals surface area contributed by atoms with E-state index < -0.39 is 0 Å². The fourth-order valence-corrected chi connectivity index (χ4v) is 1.37. The summed E-state index contributed by atoms with van der Waals surface area (Å²) in [6.07, 6.45) is 2.98. The van der Waals surface area contributed by atoms with Gasteiger partial charge in [-0.15, -0.1) is 0 Å². The van der Waals surface area contributed by atoms with E-state index in [4.69, 9.17) is 11.6 Å². The molecule has 1 aromatic heterocycles. The first-order valence-corrected chi connectivity index (χ1v) is 4.52. The van der Waals surface area contributed by atoms with Gasteiger partial charge in [0.2, 0.25) is 0 Å². The van der Waals surface area contributed by atoms with Gasteiger partial charge in [0.1, 0.15) is 5.82 Å². The van der Waals surface area contributed by atoms with Gasteiger partial charge >= 0.3 is 0 Å². The quantitative estimate of drug-likeness (QED) is 0.761. The number of anilines is 1. The number of hydrogen-bond donors (Lipinski definition) is 1. The highest BCUT2D eigenvalue weighted by molar-refractivity contribution is 6.32. The molecule has 12 heavy (non-hydrogen) atoms. The van der Waals surface area contributed by atoms with Crippen molar-refractivity contribution in [2.45, 2.75) is 19.4 Å². The molecule has 1 heterocycles. The van der Waals surface area contributed by atoms with E-state index in [0.29, 0.717) is 11.1 Å². The zero-order valence-electron chi connectivity index (χ0n) is 6.92. The van der Waals surface area contributed by atoms with Gasteiger partial charge in [-0.3, -0.25) is 0 Å². The number of nitrogens with one attached hydrogen (secondary N) is 1. The standard InChI is InChI=1S/C9H11ClN2/c1-6-5-8(6)12-9-7(10)3-2-4-11-9/h2-4,6,8H,5H2,1H3,(H,11,12)/t6-,8-/m1/s1. The molecule has 2 atom stereocenters. The van der Waals surface area contributed by atoms with Crippen LogP contribution in [0.2, 0.25) is 5.02 Å². The van der Waals surface area contributed by atoms with Crippen LogP contribution in [0, 0.1) is 5.92 Å². The molecule has 3 heteroatoms. The van der Waals surface area contributed by atoms with Crippen LogP contribution in [0.1, 0.15) is 13.3 Å². The Morgan fingerprint density at radius 2 is 2.42 bits per heavy atom. The maximum Gasteiger partial charge on any atom is 0.144 e. The topological polar surface area (TPSA) is 24.9 Å². The molecule has 0 aromatic carbocycles. The summed E-state index contributed by atoms with van der Waals surface area (Å²) in [5, 5.41) is 4.00. The molecule has 0 bridgehead atoms. The summed E-state index contributed by atoms with van der Waals surface area (Å²) < 4.78 is 0. The van der Waals surface area contributed by atoms with Gasteiger partial charge in [-0.2, -0.15) is 0 Å². The fraction of sp³-hybridized carbons (Fsp3) is 0.444. The van der Waals surface area contributed by atoms with Crippen LogP contribution in [0.3, 0.4) is 0 Å². The van der Waals surface area contributed by atoms with E-state index in [1.807, 2.05) is 12.1 Å². The Hall–Kier alpha value is -0.760. The summed E-state index contributed by atoms with van der Waals surface area (Å²) >= 11 is 5.92. The Morgan fingerprint density at radius 1 is 1.67 bits per heavy atom. The van der Waals surface area contributed by atoms with Crippen molar-refractivity contribution in [2.75, 3.05) is 5.32 Å². The summed E-state index contributed by atoms with van der Waals surface area (Å²) in [5.41, 5.74) is 0. The van der Waals surface area contributed by atoms with E-state index in [-0.39, 0.29) is 0 Å². The van der Waals surface area contributed by atoms with Gasteiger partial charge in [0.15, 0.2) is 0 Å². The molecule has 0 spiro atoms. The van der Waals surface area contributed by atoms with Gasteiger partial charge in [-0.1, -0.05) is 18.5 Å². The number of hydrogen-bond acceptors (Lipinski definition) is 2. The van der Waals surface area contributed by atoms with Crippen molar-refractivity contribution >= 4 is 17.4 Å². The number of nitrogens with zero attached hydrogens (tertiary/aromatic N) is 1. The van der Waals surface area contributed by atoms with Crippen molar-refractivity contribution in [1.29, 1.82) is 0 Å². The van der Waals surface area contributed by atoms with Crippen molar-refractivity contribution in [3.8, 4) is 0 Å². The Kier molecular flexibility index (Phi) is 1.93. The molecule has 0 aliphatic heterocycles. The molecule has 1 N–H and O–H groups in total. The normalized spacial score (nSPS) is 26.8. The van der Waals surface area contributed by atoms with Gasteiger partial charge in [0, 0.05) is 12.2 Å². The van der Waals surface area contributed by atoms with E-state index in [2.05, 4.69) is 17.2 Å². The van der Waals surface area contributed by atoms with E-state index in [9.17, 15) is 0 Å². The van der Waals surface area contributed by atoms with Gasteiger partial charge in [0.25, 0.3) is 0 Å². The largest absolute Gasteiger partial charge is 0.366 e. The molecule has 2 rings (SSSR count). The minimum absolute atomic E-state index is 0.581. The first kappa shape index (κ1) is 7.87. The van der Waals surface area contributed by atoms with Gasteiger partial charge in [-0.25, -0.2) is 4.98 Å². The van der Waals surface area contributed by atoms with Crippen LogP contribution in [0.25, 0.3) is 0 Å². The van der Waals surface area contributed by atoms with Crippen molar-refractivity contribution in [1.82, 2.24) is 4.98 Å². The number of rotatable bonds is 2. The van der Waals surface area contributed by atoms with E-state index >= 15 is 0 Å². The highest BCUT2D eigenvalue weighted by Gasteiger charge is 2.32. The highest BCUT2D eigenvalue weighted by Crippen LogP contribution is 2.33. The lowest BCUT2D eigenvalue weighted by Crippen LogP contribution is -2.05. The number of pyridine rings is 1. The van der Waals surface area contributed by atoms with Gasteiger partial charge in [0.05, 0.1) is 5.02 Å². The molecule has 1 aromatic rings. The summed E-state index contributed by atoms with van der Waals surface area (Å²) in [5.74, 6) is 1.58. The third-order valence-electron chi connectivity index (χ3n) is 2.19. The minimum atomic E-state index is 0.581. The summed E-state index contributed by atoms with van der Waals surface area (Å²) in [6.45, 7) is 2.22. The molecule has 0 radical (unpaired) electrons. The van der Waals surface area contributed by atoms with Crippen LogP contribution in [-0.4, -0.2) is 11.0 Å². The maximum absolute atomic E-state index is 5.92. The molecule has 0 amide bonds. The second-order valence-electron chi connectivity index (χ2n) is 3.30. The van der Waals surface area contributed by atoms with E-state index in [1.165, 1.54) is 6.42 Å². The summed E-state index contributed by atoms with van der Waals surface area (Å²) in [4.78, 5) is 4.15. The number of halogens is 1. The summed E-state index contributed by atoms with van der Waals surface area (Å²) in [7, 11) is 0. The second-order valence-corrected chi connectivity index (χ2v) is 3.70. The van der Waals surface area contributed by atoms with Crippen LogP contribution < -0.4 is 5.32 Å². The predicted molar refractivity (Wildman–Crippen MR) is 50.4 cm³/mol. The molecule has 64 valence electrons. The zero-order chi connectivity index (χ0) is 8.55. The smallest absolute Gasteiger partial charge is 0.144 e. The van der Waals surface area contributed by atoms with Gasteiger partial charge in [-0.05, 0) is 24.5 Å². The van der Waals surface area contributed by atoms with Crippen molar-refractivity contribution in [2.24, 2.45) is 5.92 Å². The van der Waals surface area contributed by atoms with Crippen molar-refractivity contribution in [3.05, 3.63) is 23.4 Å². The lowest BCUT2D eigenvalue weighted by molar-refractivity contribution is 0.924. The molecule has 2 nitrogen and oxygen atoms in total. The Bertz CT molecular complexity index is 288. The van der Waals surface area contributed by atoms with Crippen LogP contribution in [0.5, 0.6) is 0 Å². The third kappa shape index (κ3) is 1.53. The lowest BCUT2D eigenvalue weighted by atomic mass is 10.4. The lowest BCUT2D eigenvalue weighted by Gasteiger charge is -2.04. The molecule has 1 aliphatic rings. The number of aromatic nitrogens is 1. The highest BCUT2D eigenvalue weighted by atomic mass is 35.5. The molecule has 0 unspecified atom stereocenters. The van der Waals surface area contributed by atoms with Crippen LogP contribution in [0.15, 0.2) is 18.3 Å². The molecule has 1 aliphatic carbocycles. The first-order chi connectivity index (χ1) is 5.77. The molecular weight excluding hydrogens is 172 g/mol. The minimum Gasteiger partial charge on any atom is -0.366 e. The van der Waals surface area contributed by atoms with Gasteiger partial charge < -0.3 is 5.32 Å². The van der Waals surface area contributed by atoms with E-state index in [0.717, 1.165) is 11.7 Å². The predicted octanol–water partition coefficient (Wildman–Crippen LogP) is 2.56. The Balaban J connectivity index is 2.08. The van der Waals surface area contributed by atoms with Crippen LogP contribution in [0.4, 0.5) is 5.82 Å². The fourth-order valence-electron chi connectivity index (χ4n) is 1.19. The van der Waals surface area contributed by atoms with Crippen molar-refractivity contribution < 1.29 is 0 Å². The maximum atomic E-state index is 5.92. The zero-order valence-corrected chi connectivity index (χ0v) is 7.67. The monoisotopic (exact) mass is 182 g/mol. The van der Waals surface area contributed by atoms with E-state index in [1.54, 1.807) is 6.20 Å².